The molecule has 1 unspecified atom stereocenters. The van der Waals surface area contributed by atoms with Gasteiger partial charge in [0.05, 0.1) is 47.4 Å². The van der Waals surface area contributed by atoms with Crippen LogP contribution >= 0.6 is 23.2 Å². The second-order valence-electron chi connectivity index (χ2n) is 17.2. The van der Waals surface area contributed by atoms with Crippen LogP contribution in [0, 0.1) is 0 Å². The lowest BCUT2D eigenvalue weighted by atomic mass is 9.77. The highest BCUT2D eigenvalue weighted by molar-refractivity contribution is 6.39. The summed E-state index contributed by atoms with van der Waals surface area (Å²) < 4.78 is 18.9. The first-order chi connectivity index (χ1) is 31.0. The third-order valence-electron chi connectivity index (χ3n) is 12.1. The number of hydrogen-bond acceptors (Lipinski definition) is 13. The Kier molecular flexibility index (Phi) is 14.6. The normalized spacial score (nSPS) is 15.6. The Labute approximate surface area is 389 Å². The third-order valence-corrected chi connectivity index (χ3v) is 12.8. The molecule has 1 spiro atoms. The van der Waals surface area contributed by atoms with Crippen LogP contribution in [0.15, 0.2) is 54.6 Å². The lowest BCUT2D eigenvalue weighted by Gasteiger charge is -2.37. The van der Waals surface area contributed by atoms with Crippen LogP contribution in [0.5, 0.6) is 17.2 Å². The SMILES string of the molecule is CC(CC(=O)NCCCC(=O)CN1CCN(C)CC1)Oc1cc(CO)c(CNC(=O)c2cc(Cl)c3c(c2Cl)C(=O)OC32c3ccc(N(C)C)cc3Oc3cc(N(C)C)ccc32)c(CO)c1. The van der Waals surface area contributed by atoms with E-state index in [1.807, 2.05) is 74.4 Å². The van der Waals surface area contributed by atoms with Crippen molar-refractivity contribution in [3.8, 4) is 17.2 Å². The van der Waals surface area contributed by atoms with Crippen molar-refractivity contribution in [1.82, 2.24) is 20.4 Å². The average Bonchev–Trinajstić information content (AvgIpc) is 3.59. The van der Waals surface area contributed by atoms with Gasteiger partial charge in [0, 0.05) is 114 Å². The molecule has 0 bridgehead atoms. The first-order valence-electron chi connectivity index (χ1n) is 21.6. The lowest BCUT2D eigenvalue weighted by Crippen LogP contribution is -2.46. The Hall–Kier alpha value is -5.42. The number of piperazine rings is 1. The summed E-state index contributed by atoms with van der Waals surface area (Å²) >= 11 is 14.1. The molecule has 7 rings (SSSR count). The predicted molar refractivity (Wildman–Crippen MR) is 249 cm³/mol. The van der Waals surface area contributed by atoms with E-state index in [9.17, 15) is 29.4 Å². The Bertz CT molecular complexity index is 2410. The summed E-state index contributed by atoms with van der Waals surface area (Å²) in [4.78, 5) is 61.4. The highest BCUT2D eigenvalue weighted by Gasteiger charge is 2.56. The molecule has 0 aliphatic carbocycles. The molecular formula is C48H56Cl2N6O9. The molecule has 4 N–H and O–H groups in total. The standard InChI is InChI=1S/C48H56Cl2N6O9/c1-28(18-42(60)51-13-7-8-33(59)25-56-16-14-55(6)15-17-56)63-34-19-29(26-57)36(30(20-34)27-58)24-52-46(61)35-23-39(49)44-43(45(35)50)47(62)65-48(44)37-11-9-31(53(2)3)21-40(37)64-41-22-32(54(4)5)10-12-38(41)48/h9-12,19-23,28,57-58H,7-8,13-18,24-27H2,1-6H3,(H,51,60)(H,52,61). The number of carbonyl (C=O) groups is 4. The van der Waals surface area contributed by atoms with Crippen LogP contribution in [0.2, 0.25) is 10.0 Å². The number of amides is 2. The van der Waals surface area contributed by atoms with Gasteiger partial charge in [-0.15, -0.1) is 0 Å². The van der Waals surface area contributed by atoms with E-state index in [4.69, 9.17) is 37.4 Å². The zero-order valence-corrected chi connectivity index (χ0v) is 39.1. The number of fused-ring (bicyclic) bond motifs is 6. The molecule has 3 heterocycles. The van der Waals surface area contributed by atoms with Crippen LogP contribution in [0.4, 0.5) is 11.4 Å². The van der Waals surface area contributed by atoms with Gasteiger partial charge in [-0.05, 0) is 79.5 Å². The number of nitrogens with zero attached hydrogens (tertiary/aromatic N) is 4. The Morgan fingerprint density at radius 3 is 2.05 bits per heavy atom. The monoisotopic (exact) mass is 930 g/mol. The number of hydrogen-bond donors (Lipinski definition) is 4. The van der Waals surface area contributed by atoms with Crippen molar-refractivity contribution in [1.29, 1.82) is 0 Å². The smallest absolute Gasteiger partial charge is 0.341 e. The van der Waals surface area contributed by atoms with Gasteiger partial charge in [-0.1, -0.05) is 23.2 Å². The number of carbonyl (C=O) groups excluding carboxylic acids is 4. The summed E-state index contributed by atoms with van der Waals surface area (Å²) in [6.45, 7) is 5.13. The van der Waals surface area contributed by atoms with Crippen LogP contribution in [0.25, 0.3) is 0 Å². The fraction of sp³-hybridized carbons (Fsp3) is 0.417. The van der Waals surface area contributed by atoms with E-state index in [2.05, 4.69) is 27.5 Å². The maximum Gasteiger partial charge on any atom is 0.341 e. The van der Waals surface area contributed by atoms with Gasteiger partial charge in [0.2, 0.25) is 5.91 Å². The van der Waals surface area contributed by atoms with E-state index in [-0.39, 0.29) is 51.4 Å². The second-order valence-corrected chi connectivity index (χ2v) is 18.0. The molecule has 65 heavy (non-hydrogen) atoms. The molecule has 15 nitrogen and oxygen atoms in total. The summed E-state index contributed by atoms with van der Waals surface area (Å²) in [6, 6.07) is 15.7. The van der Waals surface area contributed by atoms with E-state index >= 15 is 0 Å². The number of halogens is 2. The summed E-state index contributed by atoms with van der Waals surface area (Å²) in [5.41, 5.74) is 2.55. The van der Waals surface area contributed by atoms with Crippen molar-refractivity contribution >= 4 is 58.1 Å². The third kappa shape index (κ3) is 9.91. The van der Waals surface area contributed by atoms with Gasteiger partial charge in [-0.25, -0.2) is 4.79 Å². The molecule has 3 aliphatic rings. The number of esters is 1. The Morgan fingerprint density at radius 2 is 1.48 bits per heavy atom. The molecule has 1 fully saturated rings. The Morgan fingerprint density at radius 1 is 0.877 bits per heavy atom. The van der Waals surface area contributed by atoms with Crippen molar-refractivity contribution in [3.05, 3.63) is 109 Å². The summed E-state index contributed by atoms with van der Waals surface area (Å²) in [6.07, 6.45) is 0.404. The number of aliphatic hydroxyl groups excluding tert-OH is 2. The van der Waals surface area contributed by atoms with Gasteiger partial charge in [0.25, 0.3) is 5.91 Å². The van der Waals surface area contributed by atoms with E-state index in [1.165, 1.54) is 6.07 Å². The van der Waals surface area contributed by atoms with Gasteiger partial charge in [-0.2, -0.15) is 0 Å². The quantitative estimate of drug-likeness (QED) is 0.0776. The van der Waals surface area contributed by atoms with E-state index < -0.39 is 36.8 Å². The van der Waals surface area contributed by atoms with E-state index in [1.54, 1.807) is 19.1 Å². The molecule has 4 aromatic rings. The van der Waals surface area contributed by atoms with E-state index in [0.29, 0.717) is 71.0 Å². The molecule has 1 atom stereocenters. The molecule has 2 amide bonds. The molecular weight excluding hydrogens is 875 g/mol. The molecule has 1 saturated heterocycles. The molecule has 346 valence electrons. The highest BCUT2D eigenvalue weighted by atomic mass is 35.5. The van der Waals surface area contributed by atoms with Gasteiger partial charge in [0.15, 0.2) is 5.60 Å². The van der Waals surface area contributed by atoms with Crippen LogP contribution < -0.4 is 29.9 Å². The molecule has 0 aromatic heterocycles. The van der Waals surface area contributed by atoms with Crippen LogP contribution in [0.3, 0.4) is 0 Å². The number of ether oxygens (including phenoxy) is 3. The minimum Gasteiger partial charge on any atom is -0.490 e. The van der Waals surface area contributed by atoms with Gasteiger partial charge in [0.1, 0.15) is 29.1 Å². The number of anilines is 2. The lowest BCUT2D eigenvalue weighted by molar-refractivity contribution is -0.123. The maximum atomic E-state index is 14.1. The molecule has 0 radical (unpaired) electrons. The number of Topliss-reactive ketones (excluding diaryl/α,β-unsaturated/α-hetero) is 1. The number of benzene rings is 4. The second kappa shape index (κ2) is 20.0. The summed E-state index contributed by atoms with van der Waals surface area (Å²) in [7, 11) is 9.69. The van der Waals surface area contributed by atoms with Crippen molar-refractivity contribution in [2.24, 2.45) is 0 Å². The van der Waals surface area contributed by atoms with Gasteiger partial charge < -0.3 is 49.8 Å². The maximum absolute atomic E-state index is 14.1. The number of aliphatic hydroxyl groups is 2. The first-order valence-corrected chi connectivity index (χ1v) is 22.4. The van der Waals surface area contributed by atoms with Crippen LogP contribution in [-0.4, -0.2) is 124 Å². The van der Waals surface area contributed by atoms with Crippen LogP contribution in [-0.2, 0) is 39.7 Å². The Balaban J connectivity index is 1.04. The number of rotatable bonds is 17. The van der Waals surface area contributed by atoms with E-state index in [0.717, 1.165) is 37.6 Å². The van der Waals surface area contributed by atoms with Crippen molar-refractivity contribution in [2.45, 2.75) is 57.6 Å². The molecule has 17 heteroatoms. The number of likely N-dealkylation sites (N-methyl/N-ethyl adjacent to an activating group) is 1. The number of ketones is 1. The topological polar surface area (TPSA) is 173 Å². The zero-order valence-electron chi connectivity index (χ0n) is 37.6. The average molecular weight is 932 g/mol. The minimum absolute atomic E-state index is 0.0380. The fourth-order valence-corrected chi connectivity index (χ4v) is 9.25. The first kappa shape index (κ1) is 47.5. The molecule has 3 aliphatic heterocycles. The largest absolute Gasteiger partial charge is 0.490 e. The summed E-state index contributed by atoms with van der Waals surface area (Å²) in [5, 5.41) is 26.4. The fourth-order valence-electron chi connectivity index (χ4n) is 8.60. The zero-order chi connectivity index (χ0) is 46.7. The van der Waals surface area contributed by atoms with Gasteiger partial charge in [-0.3, -0.25) is 19.3 Å². The predicted octanol–water partition coefficient (Wildman–Crippen LogP) is 5.48. The van der Waals surface area contributed by atoms with Crippen molar-refractivity contribution < 1.29 is 43.6 Å². The van der Waals surface area contributed by atoms with Crippen LogP contribution in [0.1, 0.15) is 80.3 Å². The highest BCUT2D eigenvalue weighted by Crippen LogP contribution is 2.59. The minimum atomic E-state index is -1.55. The molecule has 4 aromatic carbocycles. The molecule has 0 saturated carbocycles. The summed E-state index contributed by atoms with van der Waals surface area (Å²) in [5.74, 6) is -0.288. The van der Waals surface area contributed by atoms with Gasteiger partial charge >= 0.3 is 5.97 Å². The van der Waals surface area contributed by atoms with Crippen molar-refractivity contribution in [3.63, 3.8) is 0 Å². The number of nitrogens with one attached hydrogen (secondary N) is 2. The van der Waals surface area contributed by atoms with Crippen molar-refractivity contribution in [2.75, 3.05) is 84.3 Å².